The maximum absolute atomic E-state index is 13.2. The second kappa shape index (κ2) is 7.84. The number of benzene rings is 2. The van der Waals surface area contributed by atoms with Crippen molar-refractivity contribution in [3.8, 4) is 16.3 Å². The topological polar surface area (TPSA) is 115 Å². The van der Waals surface area contributed by atoms with Crippen LogP contribution >= 0.6 is 11.3 Å². The summed E-state index contributed by atoms with van der Waals surface area (Å²) in [4.78, 5) is 43.0. The van der Waals surface area contributed by atoms with E-state index in [0.29, 0.717) is 17.0 Å². The fourth-order valence-electron chi connectivity index (χ4n) is 3.51. The van der Waals surface area contributed by atoms with E-state index in [0.717, 1.165) is 15.5 Å². The maximum atomic E-state index is 13.2. The molecule has 1 aromatic heterocycles. The van der Waals surface area contributed by atoms with Crippen LogP contribution in [0.15, 0.2) is 53.9 Å². The van der Waals surface area contributed by atoms with E-state index < -0.39 is 23.4 Å². The van der Waals surface area contributed by atoms with Crippen molar-refractivity contribution in [2.24, 2.45) is 5.73 Å². The zero-order valence-corrected chi connectivity index (χ0v) is 17.7. The van der Waals surface area contributed by atoms with Gasteiger partial charge in [0.05, 0.1) is 24.9 Å². The van der Waals surface area contributed by atoms with Gasteiger partial charge in [-0.15, -0.1) is 11.3 Å². The van der Waals surface area contributed by atoms with Crippen molar-refractivity contribution in [2.75, 3.05) is 7.11 Å². The van der Waals surface area contributed by atoms with Gasteiger partial charge in [0.15, 0.2) is 0 Å². The molecule has 0 spiro atoms. The lowest BCUT2D eigenvalue weighted by molar-refractivity contribution is -0.131. The summed E-state index contributed by atoms with van der Waals surface area (Å²) < 4.78 is 5.38. The van der Waals surface area contributed by atoms with Gasteiger partial charge in [-0.3, -0.25) is 14.5 Å². The van der Waals surface area contributed by atoms with Gasteiger partial charge in [0, 0.05) is 10.9 Å². The third-order valence-corrected chi connectivity index (χ3v) is 6.13. The van der Waals surface area contributed by atoms with Gasteiger partial charge < -0.3 is 15.8 Å². The Labute approximate surface area is 182 Å². The molecule has 8 nitrogen and oxygen atoms in total. The van der Waals surface area contributed by atoms with Crippen LogP contribution in [0.4, 0.5) is 4.79 Å². The van der Waals surface area contributed by atoms with Crippen molar-refractivity contribution in [2.45, 2.75) is 19.0 Å². The average molecular weight is 436 g/mol. The molecule has 3 N–H and O–H groups in total. The van der Waals surface area contributed by atoms with Crippen LogP contribution in [0.1, 0.15) is 28.5 Å². The van der Waals surface area contributed by atoms with Crippen molar-refractivity contribution in [1.82, 2.24) is 15.2 Å². The van der Waals surface area contributed by atoms with Gasteiger partial charge in [-0.1, -0.05) is 24.3 Å². The minimum absolute atomic E-state index is 0.0292. The first-order chi connectivity index (χ1) is 14.8. The standard InChI is InChI=1S/C22H20N4O4S/c1-22(14-7-5-6-13(10-14)18(23)27)20(28)26(21(29)25-22)11-15-12-31-19(24-15)16-8-3-4-9-17(16)30-2/h3-10,12H,11H2,1-2H3,(H2,23,27)(H,25,29). The number of ether oxygens (including phenoxy) is 1. The minimum Gasteiger partial charge on any atom is -0.496 e. The minimum atomic E-state index is -1.30. The second-order valence-corrected chi connectivity index (χ2v) is 8.09. The fourth-order valence-corrected chi connectivity index (χ4v) is 4.35. The first-order valence-electron chi connectivity index (χ1n) is 9.45. The highest BCUT2D eigenvalue weighted by Gasteiger charge is 2.49. The molecule has 0 radical (unpaired) electrons. The number of hydrogen-bond donors (Lipinski definition) is 2. The number of carbonyl (C=O) groups excluding carboxylic acids is 3. The van der Waals surface area contributed by atoms with Crippen LogP contribution in [0.5, 0.6) is 5.75 Å². The first-order valence-corrected chi connectivity index (χ1v) is 10.3. The number of methoxy groups -OCH3 is 1. The Morgan fingerprint density at radius 1 is 1.23 bits per heavy atom. The molecule has 2 aromatic carbocycles. The summed E-state index contributed by atoms with van der Waals surface area (Å²) >= 11 is 1.41. The zero-order valence-electron chi connectivity index (χ0n) is 16.9. The Bertz CT molecular complexity index is 1190. The average Bonchev–Trinajstić information content (AvgIpc) is 3.33. The fraction of sp³-hybridized carbons (Fsp3) is 0.182. The number of amides is 4. The molecule has 1 aliphatic heterocycles. The highest BCUT2D eigenvalue weighted by atomic mass is 32.1. The highest BCUT2D eigenvalue weighted by molar-refractivity contribution is 7.13. The molecule has 1 saturated heterocycles. The van der Waals surface area contributed by atoms with Gasteiger partial charge in [-0.2, -0.15) is 0 Å². The number of nitrogens with one attached hydrogen (secondary N) is 1. The SMILES string of the molecule is COc1ccccc1-c1nc(CN2C(=O)NC(C)(c3cccc(C(N)=O)c3)C2=O)cs1. The summed E-state index contributed by atoms with van der Waals surface area (Å²) in [7, 11) is 1.59. The van der Waals surface area contributed by atoms with Crippen LogP contribution in [-0.2, 0) is 16.9 Å². The number of aromatic nitrogens is 1. The molecule has 0 bridgehead atoms. The quantitative estimate of drug-likeness (QED) is 0.577. The van der Waals surface area contributed by atoms with E-state index in [1.54, 1.807) is 32.2 Å². The first kappa shape index (κ1) is 20.5. The Balaban J connectivity index is 1.59. The van der Waals surface area contributed by atoms with Gasteiger partial charge in [-0.25, -0.2) is 9.78 Å². The lowest BCUT2D eigenvalue weighted by Crippen LogP contribution is -2.41. The van der Waals surface area contributed by atoms with Crippen LogP contribution in [0.2, 0.25) is 0 Å². The Hall–Kier alpha value is -3.72. The smallest absolute Gasteiger partial charge is 0.325 e. The Kier molecular flexibility index (Phi) is 5.20. The van der Waals surface area contributed by atoms with Crippen LogP contribution in [0.25, 0.3) is 10.6 Å². The molecule has 1 fully saturated rings. The van der Waals surface area contributed by atoms with Crippen molar-refractivity contribution < 1.29 is 19.1 Å². The summed E-state index contributed by atoms with van der Waals surface area (Å²) in [5.74, 6) is -0.336. The van der Waals surface area contributed by atoms with Crippen molar-refractivity contribution in [1.29, 1.82) is 0 Å². The molecule has 0 aliphatic carbocycles. The number of hydrogen-bond acceptors (Lipinski definition) is 6. The molecular weight excluding hydrogens is 416 g/mol. The van der Waals surface area contributed by atoms with Gasteiger partial charge >= 0.3 is 6.03 Å². The van der Waals surface area contributed by atoms with Gasteiger partial charge in [0.2, 0.25) is 5.91 Å². The van der Waals surface area contributed by atoms with Crippen molar-refractivity contribution in [3.05, 3.63) is 70.7 Å². The Morgan fingerprint density at radius 2 is 2.00 bits per heavy atom. The van der Waals surface area contributed by atoms with Crippen molar-refractivity contribution in [3.63, 3.8) is 0 Å². The molecule has 9 heteroatoms. The van der Waals surface area contributed by atoms with E-state index in [9.17, 15) is 14.4 Å². The van der Waals surface area contributed by atoms with Crippen LogP contribution < -0.4 is 15.8 Å². The summed E-state index contributed by atoms with van der Waals surface area (Å²) in [5, 5.41) is 5.27. The summed E-state index contributed by atoms with van der Waals surface area (Å²) in [6, 6.07) is 13.4. The molecule has 31 heavy (non-hydrogen) atoms. The summed E-state index contributed by atoms with van der Waals surface area (Å²) in [6.45, 7) is 1.63. The zero-order chi connectivity index (χ0) is 22.2. The van der Waals surface area contributed by atoms with E-state index in [1.165, 1.54) is 17.4 Å². The van der Waals surface area contributed by atoms with Gasteiger partial charge in [0.25, 0.3) is 5.91 Å². The largest absolute Gasteiger partial charge is 0.496 e. The van der Waals surface area contributed by atoms with Crippen LogP contribution in [-0.4, -0.2) is 34.8 Å². The number of carbonyl (C=O) groups is 3. The van der Waals surface area contributed by atoms with E-state index in [2.05, 4.69) is 10.3 Å². The number of para-hydroxylation sites is 1. The lowest BCUT2D eigenvalue weighted by atomic mass is 9.90. The molecule has 0 saturated carbocycles. The number of nitrogens with two attached hydrogens (primary N) is 1. The Morgan fingerprint density at radius 3 is 2.74 bits per heavy atom. The molecule has 4 rings (SSSR count). The van der Waals surface area contributed by atoms with E-state index in [1.807, 2.05) is 29.6 Å². The highest BCUT2D eigenvalue weighted by Crippen LogP contribution is 2.34. The second-order valence-electron chi connectivity index (χ2n) is 7.24. The summed E-state index contributed by atoms with van der Waals surface area (Å²) in [6.07, 6.45) is 0. The number of nitrogens with zero attached hydrogens (tertiary/aromatic N) is 2. The van der Waals surface area contributed by atoms with Crippen LogP contribution in [0, 0.1) is 0 Å². The normalized spacial score (nSPS) is 18.2. The third kappa shape index (κ3) is 3.64. The van der Waals surface area contributed by atoms with E-state index in [4.69, 9.17) is 10.5 Å². The molecule has 3 aromatic rings. The predicted molar refractivity (Wildman–Crippen MR) is 115 cm³/mol. The number of thiazole rings is 1. The van der Waals surface area contributed by atoms with E-state index >= 15 is 0 Å². The summed E-state index contributed by atoms with van der Waals surface area (Å²) in [5.41, 5.74) is 6.22. The third-order valence-electron chi connectivity index (χ3n) is 5.21. The molecule has 4 amide bonds. The molecule has 1 aliphatic rings. The molecule has 1 atom stereocenters. The van der Waals surface area contributed by atoms with Gasteiger partial charge in [-0.05, 0) is 36.8 Å². The van der Waals surface area contributed by atoms with Crippen LogP contribution in [0.3, 0.4) is 0 Å². The monoisotopic (exact) mass is 436 g/mol. The molecule has 2 heterocycles. The van der Waals surface area contributed by atoms with E-state index in [-0.39, 0.29) is 12.1 Å². The maximum Gasteiger partial charge on any atom is 0.325 e. The van der Waals surface area contributed by atoms with Crippen molar-refractivity contribution >= 4 is 29.2 Å². The van der Waals surface area contributed by atoms with Gasteiger partial charge in [0.1, 0.15) is 16.3 Å². The molecule has 1 unspecified atom stereocenters. The molecular formula is C22H20N4O4S. The lowest BCUT2D eigenvalue weighted by Gasteiger charge is -2.22. The molecule has 158 valence electrons. The number of urea groups is 1. The number of rotatable bonds is 6. The number of primary amides is 1. The number of imide groups is 1. The predicted octanol–water partition coefficient (Wildman–Crippen LogP) is 2.88.